The lowest BCUT2D eigenvalue weighted by Crippen LogP contribution is -2.18. The standard InChI is InChI=1S/C13H19NO3/c1-8(2)12(13(15)16)10-5-11(7-14-6-10)17-9(3)4/h5-9,12H,1-4H3,(H,15,16). The number of aromatic nitrogens is 1. The summed E-state index contributed by atoms with van der Waals surface area (Å²) in [5, 5.41) is 9.20. The van der Waals surface area contributed by atoms with Crippen molar-refractivity contribution in [3.8, 4) is 5.75 Å². The van der Waals surface area contributed by atoms with Crippen molar-refractivity contribution in [3.05, 3.63) is 24.0 Å². The van der Waals surface area contributed by atoms with Crippen LogP contribution in [-0.4, -0.2) is 22.2 Å². The maximum absolute atomic E-state index is 11.2. The van der Waals surface area contributed by atoms with E-state index in [1.165, 1.54) is 0 Å². The van der Waals surface area contributed by atoms with Gasteiger partial charge in [0.1, 0.15) is 5.75 Å². The molecule has 0 amide bonds. The van der Waals surface area contributed by atoms with Gasteiger partial charge in [0, 0.05) is 6.20 Å². The molecule has 0 radical (unpaired) electrons. The van der Waals surface area contributed by atoms with Crippen LogP contribution in [0.5, 0.6) is 5.75 Å². The summed E-state index contributed by atoms with van der Waals surface area (Å²) in [6.07, 6.45) is 3.24. The summed E-state index contributed by atoms with van der Waals surface area (Å²) in [6.45, 7) is 7.61. The first-order chi connectivity index (χ1) is 7.91. The first-order valence-electron chi connectivity index (χ1n) is 5.76. The van der Waals surface area contributed by atoms with E-state index < -0.39 is 11.9 Å². The van der Waals surface area contributed by atoms with Gasteiger partial charge in [-0.3, -0.25) is 9.78 Å². The third kappa shape index (κ3) is 3.73. The zero-order valence-electron chi connectivity index (χ0n) is 10.7. The molecular formula is C13H19NO3. The van der Waals surface area contributed by atoms with Gasteiger partial charge in [0.05, 0.1) is 18.2 Å². The van der Waals surface area contributed by atoms with E-state index in [0.717, 1.165) is 0 Å². The highest BCUT2D eigenvalue weighted by molar-refractivity contribution is 5.76. The van der Waals surface area contributed by atoms with Crippen molar-refractivity contribution in [2.24, 2.45) is 5.92 Å². The molecule has 0 aromatic carbocycles. The van der Waals surface area contributed by atoms with E-state index in [2.05, 4.69) is 4.98 Å². The van der Waals surface area contributed by atoms with Crippen molar-refractivity contribution in [2.45, 2.75) is 39.7 Å². The van der Waals surface area contributed by atoms with Crippen LogP contribution in [-0.2, 0) is 4.79 Å². The Labute approximate surface area is 102 Å². The van der Waals surface area contributed by atoms with E-state index in [0.29, 0.717) is 11.3 Å². The molecule has 0 aliphatic rings. The average molecular weight is 237 g/mol. The average Bonchev–Trinajstić information content (AvgIpc) is 2.15. The molecular weight excluding hydrogens is 218 g/mol. The number of pyridine rings is 1. The van der Waals surface area contributed by atoms with Crippen molar-refractivity contribution >= 4 is 5.97 Å². The molecule has 0 saturated carbocycles. The number of hydrogen-bond acceptors (Lipinski definition) is 3. The molecule has 17 heavy (non-hydrogen) atoms. The summed E-state index contributed by atoms with van der Waals surface area (Å²) >= 11 is 0. The van der Waals surface area contributed by atoms with Crippen LogP contribution in [0.25, 0.3) is 0 Å². The first-order valence-corrected chi connectivity index (χ1v) is 5.76. The van der Waals surface area contributed by atoms with Crippen molar-refractivity contribution < 1.29 is 14.6 Å². The Kier molecular flexibility index (Phi) is 4.49. The number of rotatable bonds is 5. The molecule has 0 bridgehead atoms. The van der Waals surface area contributed by atoms with E-state index in [1.54, 1.807) is 18.5 Å². The number of carbonyl (C=O) groups is 1. The highest BCUT2D eigenvalue weighted by Crippen LogP contribution is 2.26. The van der Waals surface area contributed by atoms with Gasteiger partial charge < -0.3 is 9.84 Å². The molecule has 4 nitrogen and oxygen atoms in total. The van der Waals surface area contributed by atoms with Gasteiger partial charge >= 0.3 is 5.97 Å². The minimum atomic E-state index is -0.830. The number of aliphatic carboxylic acids is 1. The molecule has 1 N–H and O–H groups in total. The van der Waals surface area contributed by atoms with Crippen LogP contribution in [0.1, 0.15) is 39.2 Å². The molecule has 94 valence electrons. The summed E-state index contributed by atoms with van der Waals surface area (Å²) in [7, 11) is 0. The molecule has 4 heteroatoms. The normalized spacial score (nSPS) is 12.8. The fourth-order valence-corrected chi connectivity index (χ4v) is 1.75. The smallest absolute Gasteiger partial charge is 0.311 e. The summed E-state index contributed by atoms with van der Waals surface area (Å²) in [4.78, 5) is 15.2. The van der Waals surface area contributed by atoms with Gasteiger partial charge in [-0.05, 0) is 31.4 Å². The summed E-state index contributed by atoms with van der Waals surface area (Å²) in [6, 6.07) is 1.76. The molecule has 0 saturated heterocycles. The van der Waals surface area contributed by atoms with Crippen molar-refractivity contribution in [1.82, 2.24) is 4.98 Å². The predicted molar refractivity (Wildman–Crippen MR) is 65.2 cm³/mol. The molecule has 0 aliphatic carbocycles. The minimum absolute atomic E-state index is 0.0172. The lowest BCUT2D eigenvalue weighted by molar-refractivity contribution is -0.139. The molecule has 0 aliphatic heterocycles. The van der Waals surface area contributed by atoms with Gasteiger partial charge in [-0.2, -0.15) is 0 Å². The summed E-state index contributed by atoms with van der Waals surface area (Å²) in [5.41, 5.74) is 0.686. The molecule has 1 rings (SSSR count). The van der Waals surface area contributed by atoms with Crippen LogP contribution in [0.4, 0.5) is 0 Å². The topological polar surface area (TPSA) is 59.4 Å². The fraction of sp³-hybridized carbons (Fsp3) is 0.538. The molecule has 1 unspecified atom stereocenters. The second-order valence-electron chi connectivity index (χ2n) is 4.68. The number of ether oxygens (including phenoxy) is 1. The van der Waals surface area contributed by atoms with E-state index in [1.807, 2.05) is 27.7 Å². The third-order valence-corrected chi connectivity index (χ3v) is 2.40. The van der Waals surface area contributed by atoms with Crippen molar-refractivity contribution in [1.29, 1.82) is 0 Å². The lowest BCUT2D eigenvalue weighted by Gasteiger charge is -2.17. The van der Waals surface area contributed by atoms with Crippen LogP contribution < -0.4 is 4.74 Å². The van der Waals surface area contributed by atoms with Gasteiger partial charge in [-0.1, -0.05) is 13.8 Å². The van der Waals surface area contributed by atoms with E-state index >= 15 is 0 Å². The van der Waals surface area contributed by atoms with Crippen LogP contribution in [0.2, 0.25) is 0 Å². The Balaban J connectivity index is 3.00. The predicted octanol–water partition coefficient (Wildman–Crippen LogP) is 2.69. The molecule has 0 spiro atoms. The monoisotopic (exact) mass is 237 g/mol. The molecule has 1 aromatic heterocycles. The number of nitrogens with zero attached hydrogens (tertiary/aromatic N) is 1. The molecule has 0 fully saturated rings. The van der Waals surface area contributed by atoms with Crippen LogP contribution >= 0.6 is 0 Å². The van der Waals surface area contributed by atoms with E-state index in [-0.39, 0.29) is 12.0 Å². The van der Waals surface area contributed by atoms with Crippen molar-refractivity contribution in [2.75, 3.05) is 0 Å². The van der Waals surface area contributed by atoms with Gasteiger partial charge in [0.2, 0.25) is 0 Å². The number of carboxylic acids is 1. The number of carboxylic acid groups (broad SMARTS) is 1. The zero-order chi connectivity index (χ0) is 13.0. The van der Waals surface area contributed by atoms with Crippen LogP contribution in [0, 0.1) is 5.92 Å². The van der Waals surface area contributed by atoms with E-state index in [4.69, 9.17) is 4.74 Å². The Hall–Kier alpha value is -1.58. The fourth-order valence-electron chi connectivity index (χ4n) is 1.75. The zero-order valence-corrected chi connectivity index (χ0v) is 10.7. The largest absolute Gasteiger partial charge is 0.489 e. The van der Waals surface area contributed by atoms with Gasteiger partial charge in [0.15, 0.2) is 0 Å². The Bertz CT molecular complexity index is 388. The summed E-state index contributed by atoms with van der Waals surface area (Å²) in [5.74, 6) is -0.741. The minimum Gasteiger partial charge on any atom is -0.489 e. The maximum Gasteiger partial charge on any atom is 0.311 e. The highest BCUT2D eigenvalue weighted by Gasteiger charge is 2.24. The van der Waals surface area contributed by atoms with Gasteiger partial charge in [-0.25, -0.2) is 0 Å². The highest BCUT2D eigenvalue weighted by atomic mass is 16.5. The SMILES string of the molecule is CC(C)Oc1cncc(C(C(=O)O)C(C)C)c1. The second-order valence-corrected chi connectivity index (χ2v) is 4.68. The second kappa shape index (κ2) is 5.66. The van der Waals surface area contributed by atoms with Crippen molar-refractivity contribution in [3.63, 3.8) is 0 Å². The third-order valence-electron chi connectivity index (χ3n) is 2.40. The van der Waals surface area contributed by atoms with E-state index in [9.17, 15) is 9.90 Å². The number of hydrogen-bond donors (Lipinski definition) is 1. The Morgan fingerprint density at radius 2 is 1.94 bits per heavy atom. The quantitative estimate of drug-likeness (QED) is 0.855. The molecule has 1 aromatic rings. The van der Waals surface area contributed by atoms with Crippen LogP contribution in [0.15, 0.2) is 18.5 Å². The van der Waals surface area contributed by atoms with Gasteiger partial charge in [-0.15, -0.1) is 0 Å². The summed E-state index contributed by atoms with van der Waals surface area (Å²) < 4.78 is 5.51. The maximum atomic E-state index is 11.2. The Morgan fingerprint density at radius 1 is 1.29 bits per heavy atom. The molecule has 1 atom stereocenters. The lowest BCUT2D eigenvalue weighted by atomic mass is 9.89. The molecule has 1 heterocycles. The first kappa shape index (κ1) is 13.5. The van der Waals surface area contributed by atoms with Crippen LogP contribution in [0.3, 0.4) is 0 Å². The Morgan fingerprint density at radius 3 is 2.41 bits per heavy atom. The van der Waals surface area contributed by atoms with Gasteiger partial charge in [0.25, 0.3) is 0 Å².